The summed E-state index contributed by atoms with van der Waals surface area (Å²) in [7, 11) is 0. The third-order valence-electron chi connectivity index (χ3n) is 3.73. The Morgan fingerprint density at radius 1 is 1.04 bits per heavy atom. The highest BCUT2D eigenvalue weighted by Crippen LogP contribution is 2.23. The van der Waals surface area contributed by atoms with Crippen molar-refractivity contribution in [3.63, 3.8) is 0 Å². The average molecular weight is 363 g/mol. The van der Waals surface area contributed by atoms with Gasteiger partial charge in [-0.25, -0.2) is 0 Å². The Balaban J connectivity index is 1.74. The van der Waals surface area contributed by atoms with Gasteiger partial charge in [0, 0.05) is 22.6 Å². The molecule has 1 amide bonds. The van der Waals surface area contributed by atoms with Crippen LogP contribution in [0.4, 0.5) is 17.1 Å². The lowest BCUT2D eigenvalue weighted by molar-refractivity contribution is 0.102. The summed E-state index contributed by atoms with van der Waals surface area (Å²) >= 11 is 6.13. The summed E-state index contributed by atoms with van der Waals surface area (Å²) < 4.78 is 0. The normalized spacial score (nSPS) is 10.0. The number of nitrogens with zero attached hydrogens (tertiary/aromatic N) is 2. The van der Waals surface area contributed by atoms with Crippen LogP contribution in [0.2, 0.25) is 5.02 Å². The van der Waals surface area contributed by atoms with Gasteiger partial charge in [-0.3, -0.25) is 9.78 Å². The van der Waals surface area contributed by atoms with E-state index >= 15 is 0 Å². The van der Waals surface area contributed by atoms with Gasteiger partial charge in [0.2, 0.25) is 0 Å². The molecule has 0 saturated heterocycles. The number of nitriles is 1. The first kappa shape index (κ1) is 17.5. The van der Waals surface area contributed by atoms with Crippen molar-refractivity contribution in [2.75, 3.05) is 10.6 Å². The summed E-state index contributed by atoms with van der Waals surface area (Å²) in [5, 5.41) is 15.4. The number of hydrogen-bond donors (Lipinski definition) is 2. The number of aromatic nitrogens is 1. The second kappa shape index (κ2) is 7.68. The van der Waals surface area contributed by atoms with Crippen LogP contribution in [0.1, 0.15) is 21.5 Å². The fourth-order valence-corrected chi connectivity index (χ4v) is 2.48. The minimum absolute atomic E-state index is 0.284. The van der Waals surface area contributed by atoms with Crippen molar-refractivity contribution in [2.24, 2.45) is 0 Å². The van der Waals surface area contributed by atoms with Gasteiger partial charge in [0.15, 0.2) is 0 Å². The SMILES string of the molecule is Cc1ccc(Nc2cncc(C(=O)Nc3ccc(C#N)cc3)c2)cc1Cl. The second-order valence-corrected chi connectivity index (χ2v) is 6.10. The van der Waals surface area contributed by atoms with E-state index in [1.165, 1.54) is 6.20 Å². The third kappa shape index (κ3) is 4.18. The van der Waals surface area contributed by atoms with Crippen LogP contribution in [0.15, 0.2) is 60.9 Å². The topological polar surface area (TPSA) is 77.8 Å². The number of rotatable bonds is 4. The maximum absolute atomic E-state index is 12.4. The van der Waals surface area contributed by atoms with Crippen LogP contribution in [0, 0.1) is 18.3 Å². The fourth-order valence-electron chi connectivity index (χ4n) is 2.30. The monoisotopic (exact) mass is 362 g/mol. The highest BCUT2D eigenvalue weighted by molar-refractivity contribution is 6.31. The molecule has 3 rings (SSSR count). The predicted octanol–water partition coefficient (Wildman–Crippen LogP) is 4.91. The Labute approximate surface area is 156 Å². The zero-order valence-corrected chi connectivity index (χ0v) is 14.7. The van der Waals surface area contributed by atoms with Gasteiger partial charge in [0.25, 0.3) is 5.91 Å². The number of pyridine rings is 1. The minimum atomic E-state index is -0.284. The molecule has 0 aliphatic rings. The number of benzene rings is 2. The highest BCUT2D eigenvalue weighted by Gasteiger charge is 2.08. The van der Waals surface area contributed by atoms with Gasteiger partial charge in [-0.15, -0.1) is 0 Å². The van der Waals surface area contributed by atoms with Gasteiger partial charge in [0.05, 0.1) is 29.1 Å². The van der Waals surface area contributed by atoms with E-state index in [0.29, 0.717) is 27.5 Å². The Morgan fingerprint density at radius 2 is 1.77 bits per heavy atom. The number of aryl methyl sites for hydroxylation is 1. The quantitative estimate of drug-likeness (QED) is 0.691. The number of carbonyl (C=O) groups excluding carboxylic acids is 1. The molecule has 2 aromatic carbocycles. The molecule has 3 aromatic rings. The summed E-state index contributed by atoms with van der Waals surface area (Å²) in [6, 6.07) is 16.0. The number of nitrogens with one attached hydrogen (secondary N) is 2. The van der Waals surface area contributed by atoms with Crippen molar-refractivity contribution >= 4 is 34.6 Å². The molecule has 0 unspecified atom stereocenters. The van der Waals surface area contributed by atoms with Gasteiger partial charge in [-0.05, 0) is 55.0 Å². The van der Waals surface area contributed by atoms with Crippen LogP contribution < -0.4 is 10.6 Å². The zero-order valence-electron chi connectivity index (χ0n) is 14.0. The molecule has 128 valence electrons. The van der Waals surface area contributed by atoms with Gasteiger partial charge in [-0.2, -0.15) is 5.26 Å². The van der Waals surface area contributed by atoms with E-state index < -0.39 is 0 Å². The first-order valence-electron chi connectivity index (χ1n) is 7.85. The van der Waals surface area contributed by atoms with Crippen molar-refractivity contribution in [3.8, 4) is 6.07 Å². The lowest BCUT2D eigenvalue weighted by Crippen LogP contribution is -2.12. The smallest absolute Gasteiger partial charge is 0.257 e. The van der Waals surface area contributed by atoms with Crippen molar-refractivity contribution in [3.05, 3.63) is 82.6 Å². The number of anilines is 3. The highest BCUT2D eigenvalue weighted by atomic mass is 35.5. The molecule has 0 spiro atoms. The number of amides is 1. The summed E-state index contributed by atoms with van der Waals surface area (Å²) in [5.74, 6) is -0.284. The van der Waals surface area contributed by atoms with E-state index in [0.717, 1.165) is 11.3 Å². The van der Waals surface area contributed by atoms with Gasteiger partial charge in [-0.1, -0.05) is 17.7 Å². The largest absolute Gasteiger partial charge is 0.354 e. The molecule has 26 heavy (non-hydrogen) atoms. The lowest BCUT2D eigenvalue weighted by atomic mass is 10.2. The van der Waals surface area contributed by atoms with E-state index in [2.05, 4.69) is 15.6 Å². The number of halogens is 1. The molecule has 1 heterocycles. The summed E-state index contributed by atoms with van der Waals surface area (Å²) in [5.41, 5.74) is 4.04. The maximum Gasteiger partial charge on any atom is 0.257 e. The summed E-state index contributed by atoms with van der Waals surface area (Å²) in [6.45, 7) is 1.93. The molecule has 0 aliphatic heterocycles. The first-order chi connectivity index (χ1) is 12.5. The van der Waals surface area contributed by atoms with Crippen LogP contribution in [0.5, 0.6) is 0 Å². The standard InChI is InChI=1S/C20H15ClN4O/c1-13-2-5-17(9-19(13)21)24-18-8-15(11-23-12-18)20(26)25-16-6-3-14(10-22)4-7-16/h2-9,11-12,24H,1H3,(H,25,26). The lowest BCUT2D eigenvalue weighted by Gasteiger charge is -2.10. The molecule has 5 nitrogen and oxygen atoms in total. The van der Waals surface area contributed by atoms with Crippen molar-refractivity contribution in [2.45, 2.75) is 6.92 Å². The second-order valence-electron chi connectivity index (χ2n) is 5.69. The zero-order chi connectivity index (χ0) is 18.5. The van der Waals surface area contributed by atoms with Crippen LogP contribution in [-0.2, 0) is 0 Å². The number of carbonyl (C=O) groups is 1. The predicted molar refractivity (Wildman–Crippen MR) is 103 cm³/mol. The van der Waals surface area contributed by atoms with E-state index in [1.54, 1.807) is 36.5 Å². The molecule has 0 saturated carbocycles. The molecule has 2 N–H and O–H groups in total. The van der Waals surface area contributed by atoms with Crippen molar-refractivity contribution < 1.29 is 4.79 Å². The average Bonchev–Trinajstić information content (AvgIpc) is 2.65. The van der Waals surface area contributed by atoms with E-state index in [-0.39, 0.29) is 5.91 Å². The molecule has 0 radical (unpaired) electrons. The molecule has 0 atom stereocenters. The third-order valence-corrected chi connectivity index (χ3v) is 4.14. The molecule has 0 fully saturated rings. The van der Waals surface area contributed by atoms with Gasteiger partial charge in [0.1, 0.15) is 0 Å². The Kier molecular flexibility index (Phi) is 5.16. The van der Waals surface area contributed by atoms with Crippen molar-refractivity contribution in [1.82, 2.24) is 4.98 Å². The molecule has 1 aromatic heterocycles. The molecular weight excluding hydrogens is 348 g/mol. The minimum Gasteiger partial charge on any atom is -0.354 e. The first-order valence-corrected chi connectivity index (χ1v) is 8.23. The Bertz CT molecular complexity index is 993. The molecular formula is C20H15ClN4O. The van der Waals surface area contributed by atoms with Gasteiger partial charge < -0.3 is 10.6 Å². The van der Waals surface area contributed by atoms with Crippen LogP contribution in [0.25, 0.3) is 0 Å². The molecule has 6 heteroatoms. The summed E-state index contributed by atoms with van der Waals surface area (Å²) in [4.78, 5) is 16.5. The molecule has 0 bridgehead atoms. The van der Waals surface area contributed by atoms with E-state index in [1.807, 2.05) is 31.2 Å². The van der Waals surface area contributed by atoms with E-state index in [4.69, 9.17) is 16.9 Å². The Hall–Kier alpha value is -3.36. The van der Waals surface area contributed by atoms with Crippen LogP contribution in [0.3, 0.4) is 0 Å². The number of hydrogen-bond acceptors (Lipinski definition) is 4. The molecule has 0 aliphatic carbocycles. The van der Waals surface area contributed by atoms with Crippen molar-refractivity contribution in [1.29, 1.82) is 5.26 Å². The Morgan fingerprint density at radius 3 is 2.46 bits per heavy atom. The fraction of sp³-hybridized carbons (Fsp3) is 0.0500. The van der Waals surface area contributed by atoms with Crippen LogP contribution >= 0.6 is 11.6 Å². The maximum atomic E-state index is 12.4. The van der Waals surface area contributed by atoms with Gasteiger partial charge >= 0.3 is 0 Å². The van der Waals surface area contributed by atoms with Crippen LogP contribution in [-0.4, -0.2) is 10.9 Å². The van der Waals surface area contributed by atoms with E-state index in [9.17, 15) is 4.79 Å². The summed E-state index contributed by atoms with van der Waals surface area (Å²) in [6.07, 6.45) is 3.12.